The maximum atomic E-state index is 12.9. The number of aromatic nitrogens is 2. The monoisotopic (exact) mass is 442 g/mol. The Balaban J connectivity index is 1.57. The average Bonchev–Trinajstić information content (AvgIpc) is 2.87. The Morgan fingerprint density at radius 2 is 1.61 bits per heavy atom. The van der Waals surface area contributed by atoms with Gasteiger partial charge in [0.25, 0.3) is 5.91 Å². The molecule has 0 aliphatic rings. The number of methoxy groups -OCH3 is 2. The first-order chi connectivity index (χ1) is 16.1. The van der Waals surface area contributed by atoms with E-state index in [9.17, 15) is 4.79 Å². The van der Waals surface area contributed by atoms with Crippen molar-refractivity contribution in [2.75, 3.05) is 19.5 Å². The molecule has 33 heavy (non-hydrogen) atoms. The Hall–Kier alpha value is -4.13. The number of ether oxygens (including phenoxy) is 2. The summed E-state index contributed by atoms with van der Waals surface area (Å²) >= 11 is 0. The van der Waals surface area contributed by atoms with Gasteiger partial charge in [-0.3, -0.25) is 4.79 Å². The van der Waals surface area contributed by atoms with E-state index in [1.165, 1.54) is 5.56 Å². The van der Waals surface area contributed by atoms with Gasteiger partial charge in [0.05, 0.1) is 19.7 Å². The number of fused-ring (bicyclic) bond motifs is 1. The van der Waals surface area contributed by atoms with E-state index >= 15 is 0 Å². The molecule has 1 amide bonds. The standard InChI is InChI=1S/C26H26N4O3/c1-4-17-9-12-19(13-10-17)28-24-20-7-5-6-8-21(20)29-25(30-24)26(31)27-16-18-11-14-22(32-2)23(15-18)33-3/h5-15H,4,16H2,1-3H3,(H,27,31)(H,28,29,30). The number of aryl methyl sites for hydroxylation is 1. The van der Waals surface area contributed by atoms with Crippen molar-refractivity contribution in [3.63, 3.8) is 0 Å². The van der Waals surface area contributed by atoms with Crippen LogP contribution in [0.1, 0.15) is 28.7 Å². The Morgan fingerprint density at radius 3 is 2.33 bits per heavy atom. The number of carbonyl (C=O) groups is 1. The second kappa shape index (κ2) is 9.99. The van der Waals surface area contributed by atoms with Gasteiger partial charge in [-0.1, -0.05) is 37.3 Å². The summed E-state index contributed by atoms with van der Waals surface area (Å²) in [5.74, 6) is 1.56. The molecule has 1 aromatic heterocycles. The fourth-order valence-electron chi connectivity index (χ4n) is 3.49. The molecule has 0 aliphatic heterocycles. The lowest BCUT2D eigenvalue weighted by Gasteiger charge is -2.12. The molecule has 0 aliphatic carbocycles. The molecule has 7 heteroatoms. The van der Waals surface area contributed by atoms with Crippen molar-refractivity contribution in [1.29, 1.82) is 0 Å². The highest BCUT2D eigenvalue weighted by molar-refractivity contribution is 5.97. The minimum Gasteiger partial charge on any atom is -0.493 e. The van der Waals surface area contributed by atoms with E-state index in [1.54, 1.807) is 20.3 Å². The first-order valence-corrected chi connectivity index (χ1v) is 10.7. The van der Waals surface area contributed by atoms with Crippen LogP contribution in [0.5, 0.6) is 11.5 Å². The van der Waals surface area contributed by atoms with Crippen molar-refractivity contribution in [1.82, 2.24) is 15.3 Å². The predicted molar refractivity (Wildman–Crippen MR) is 129 cm³/mol. The van der Waals surface area contributed by atoms with E-state index in [2.05, 4.69) is 39.7 Å². The van der Waals surface area contributed by atoms with Gasteiger partial charge in [0.2, 0.25) is 5.82 Å². The molecule has 0 spiro atoms. The van der Waals surface area contributed by atoms with E-state index in [0.29, 0.717) is 29.4 Å². The molecule has 0 bridgehead atoms. The molecule has 2 N–H and O–H groups in total. The molecule has 7 nitrogen and oxygen atoms in total. The summed E-state index contributed by atoms with van der Waals surface area (Å²) in [7, 11) is 3.16. The zero-order valence-corrected chi connectivity index (χ0v) is 18.9. The second-order valence-electron chi connectivity index (χ2n) is 7.46. The van der Waals surface area contributed by atoms with Crippen molar-refractivity contribution in [3.05, 3.63) is 83.7 Å². The summed E-state index contributed by atoms with van der Waals surface area (Å²) in [4.78, 5) is 21.9. The third-order valence-corrected chi connectivity index (χ3v) is 5.33. The summed E-state index contributed by atoms with van der Waals surface area (Å²) in [6.07, 6.45) is 0.973. The number of hydrogen-bond acceptors (Lipinski definition) is 6. The maximum absolute atomic E-state index is 12.9. The summed E-state index contributed by atoms with van der Waals surface area (Å²) < 4.78 is 10.6. The lowest BCUT2D eigenvalue weighted by molar-refractivity contribution is 0.0941. The molecule has 0 saturated heterocycles. The van der Waals surface area contributed by atoms with Gasteiger partial charge in [-0.2, -0.15) is 0 Å². The van der Waals surface area contributed by atoms with Gasteiger partial charge in [-0.25, -0.2) is 9.97 Å². The molecule has 1 heterocycles. The largest absolute Gasteiger partial charge is 0.493 e. The van der Waals surface area contributed by atoms with Crippen molar-refractivity contribution < 1.29 is 14.3 Å². The fraction of sp³-hybridized carbons (Fsp3) is 0.192. The number of carbonyl (C=O) groups excluding carboxylic acids is 1. The number of nitrogens with zero attached hydrogens (tertiary/aromatic N) is 2. The first-order valence-electron chi connectivity index (χ1n) is 10.7. The third kappa shape index (κ3) is 5.03. The van der Waals surface area contributed by atoms with Crippen LogP contribution in [-0.4, -0.2) is 30.1 Å². The Bertz CT molecular complexity index is 1270. The second-order valence-corrected chi connectivity index (χ2v) is 7.46. The van der Waals surface area contributed by atoms with Crippen LogP contribution in [0.4, 0.5) is 11.5 Å². The van der Waals surface area contributed by atoms with Gasteiger partial charge in [0, 0.05) is 17.6 Å². The smallest absolute Gasteiger partial charge is 0.289 e. The van der Waals surface area contributed by atoms with E-state index in [-0.39, 0.29) is 11.7 Å². The van der Waals surface area contributed by atoms with Crippen LogP contribution in [0.2, 0.25) is 0 Å². The zero-order chi connectivity index (χ0) is 23.2. The van der Waals surface area contributed by atoms with Crippen LogP contribution < -0.4 is 20.1 Å². The molecule has 4 rings (SSSR count). The topological polar surface area (TPSA) is 85.4 Å². The lowest BCUT2D eigenvalue weighted by Crippen LogP contribution is -2.25. The normalized spacial score (nSPS) is 10.6. The minimum absolute atomic E-state index is 0.0989. The van der Waals surface area contributed by atoms with Crippen LogP contribution >= 0.6 is 0 Å². The summed E-state index contributed by atoms with van der Waals surface area (Å²) in [5.41, 5.74) is 3.71. The van der Waals surface area contributed by atoms with Crippen LogP contribution in [-0.2, 0) is 13.0 Å². The van der Waals surface area contributed by atoms with Gasteiger partial charge < -0.3 is 20.1 Å². The zero-order valence-electron chi connectivity index (χ0n) is 18.9. The predicted octanol–water partition coefficient (Wildman–Crippen LogP) is 4.88. The molecule has 3 aromatic carbocycles. The summed E-state index contributed by atoms with van der Waals surface area (Å²) in [6.45, 7) is 2.42. The number of amides is 1. The minimum atomic E-state index is -0.361. The summed E-state index contributed by atoms with van der Waals surface area (Å²) in [6, 6.07) is 21.3. The van der Waals surface area contributed by atoms with E-state index in [0.717, 1.165) is 23.1 Å². The van der Waals surface area contributed by atoms with E-state index < -0.39 is 0 Å². The molecule has 168 valence electrons. The summed E-state index contributed by atoms with van der Waals surface area (Å²) in [5, 5.41) is 7.06. The third-order valence-electron chi connectivity index (χ3n) is 5.33. The van der Waals surface area contributed by atoms with E-state index in [4.69, 9.17) is 9.47 Å². The molecule has 0 radical (unpaired) electrons. The first kappa shape index (κ1) is 22.1. The Kier molecular flexibility index (Phi) is 6.69. The van der Waals surface area contributed by atoms with Crippen LogP contribution in [0.3, 0.4) is 0 Å². The fourth-order valence-corrected chi connectivity index (χ4v) is 3.49. The van der Waals surface area contributed by atoms with Crippen LogP contribution in [0.15, 0.2) is 66.7 Å². The van der Waals surface area contributed by atoms with Crippen LogP contribution in [0.25, 0.3) is 10.9 Å². The number of para-hydroxylation sites is 1. The molecule has 0 unspecified atom stereocenters. The van der Waals surface area contributed by atoms with Crippen molar-refractivity contribution in [2.24, 2.45) is 0 Å². The molecular formula is C26H26N4O3. The van der Waals surface area contributed by atoms with Crippen molar-refractivity contribution in [2.45, 2.75) is 19.9 Å². The van der Waals surface area contributed by atoms with Gasteiger partial charge in [0.15, 0.2) is 11.5 Å². The SMILES string of the molecule is CCc1ccc(Nc2nc(C(=O)NCc3ccc(OC)c(OC)c3)nc3ccccc23)cc1. The molecule has 0 saturated carbocycles. The average molecular weight is 443 g/mol. The number of rotatable bonds is 8. The molecule has 0 atom stereocenters. The maximum Gasteiger partial charge on any atom is 0.289 e. The van der Waals surface area contributed by atoms with E-state index in [1.807, 2.05) is 48.5 Å². The van der Waals surface area contributed by atoms with Gasteiger partial charge in [-0.05, 0) is 53.9 Å². The van der Waals surface area contributed by atoms with Gasteiger partial charge in [-0.15, -0.1) is 0 Å². The number of anilines is 2. The molecular weight excluding hydrogens is 416 g/mol. The van der Waals surface area contributed by atoms with Gasteiger partial charge >= 0.3 is 0 Å². The van der Waals surface area contributed by atoms with Crippen molar-refractivity contribution >= 4 is 28.3 Å². The quantitative estimate of drug-likeness (QED) is 0.404. The lowest BCUT2D eigenvalue weighted by atomic mass is 10.1. The number of hydrogen-bond donors (Lipinski definition) is 2. The Morgan fingerprint density at radius 1 is 0.879 bits per heavy atom. The molecule has 0 fully saturated rings. The molecule has 4 aromatic rings. The highest BCUT2D eigenvalue weighted by Gasteiger charge is 2.15. The Labute approximate surface area is 192 Å². The van der Waals surface area contributed by atoms with Gasteiger partial charge in [0.1, 0.15) is 5.82 Å². The highest BCUT2D eigenvalue weighted by atomic mass is 16.5. The van der Waals surface area contributed by atoms with Crippen LogP contribution in [0, 0.1) is 0 Å². The highest BCUT2D eigenvalue weighted by Crippen LogP contribution is 2.28. The number of benzene rings is 3. The van der Waals surface area contributed by atoms with Crippen molar-refractivity contribution in [3.8, 4) is 11.5 Å². The number of nitrogens with one attached hydrogen (secondary N) is 2.